The Balaban J connectivity index is 1.31. The Kier molecular flexibility index (Phi) is 7.18. The van der Waals surface area contributed by atoms with Gasteiger partial charge in [-0.15, -0.1) is 0 Å². The van der Waals surface area contributed by atoms with Gasteiger partial charge in [-0.05, 0) is 86.6 Å². The molecule has 8 rings (SSSR count). The molecule has 0 fully saturated rings. The third-order valence-electron chi connectivity index (χ3n) is 8.36. The van der Waals surface area contributed by atoms with Gasteiger partial charge in [-0.2, -0.15) is 0 Å². The molecule has 0 atom stereocenters. The Hall–Kier alpha value is -6.19. The van der Waals surface area contributed by atoms with Crippen LogP contribution in [0.2, 0.25) is 0 Å². The number of fused-ring (bicyclic) bond motifs is 1. The van der Waals surface area contributed by atoms with Gasteiger partial charge in [0.2, 0.25) is 0 Å². The molecule has 0 saturated heterocycles. The fourth-order valence-electron chi connectivity index (χ4n) is 5.97. The van der Waals surface area contributed by atoms with E-state index < -0.39 is 0 Å². The van der Waals surface area contributed by atoms with Crippen molar-refractivity contribution in [3.05, 3.63) is 176 Å². The molecule has 0 radical (unpaired) electrons. The maximum atomic E-state index is 5.12. The zero-order valence-corrected chi connectivity index (χ0v) is 25.1. The van der Waals surface area contributed by atoms with E-state index >= 15 is 0 Å². The van der Waals surface area contributed by atoms with Gasteiger partial charge in [0.25, 0.3) is 0 Å². The highest BCUT2D eigenvalue weighted by Crippen LogP contribution is 2.37. The molecule has 2 heterocycles. The molecule has 3 nitrogen and oxygen atoms in total. The Morgan fingerprint density at radius 1 is 0.283 bits per heavy atom. The number of nitrogens with zero attached hydrogens (tertiary/aromatic N) is 3. The summed E-state index contributed by atoms with van der Waals surface area (Å²) in [5.74, 6) is 0.721. The van der Waals surface area contributed by atoms with Gasteiger partial charge in [0.05, 0.1) is 11.4 Å². The first kappa shape index (κ1) is 27.4. The van der Waals surface area contributed by atoms with Crippen LogP contribution >= 0.6 is 0 Å². The van der Waals surface area contributed by atoms with Gasteiger partial charge in [-0.3, -0.25) is 0 Å². The molecule has 0 aliphatic rings. The van der Waals surface area contributed by atoms with E-state index in [9.17, 15) is 0 Å². The molecule has 2 aromatic heterocycles. The van der Waals surface area contributed by atoms with Crippen molar-refractivity contribution in [2.75, 3.05) is 0 Å². The Morgan fingerprint density at radius 2 is 0.761 bits per heavy atom. The summed E-state index contributed by atoms with van der Waals surface area (Å²) >= 11 is 0. The zero-order chi connectivity index (χ0) is 30.7. The van der Waals surface area contributed by atoms with Gasteiger partial charge < -0.3 is 0 Å². The van der Waals surface area contributed by atoms with Crippen molar-refractivity contribution in [1.82, 2.24) is 15.0 Å². The van der Waals surface area contributed by atoms with Gasteiger partial charge in [0, 0.05) is 29.1 Å². The van der Waals surface area contributed by atoms with Crippen molar-refractivity contribution < 1.29 is 0 Å². The summed E-state index contributed by atoms with van der Waals surface area (Å²) in [6.07, 6.45) is 3.55. The van der Waals surface area contributed by atoms with Crippen LogP contribution in [-0.2, 0) is 0 Å². The lowest BCUT2D eigenvalue weighted by Crippen LogP contribution is -1.92. The second-order valence-corrected chi connectivity index (χ2v) is 11.4. The average Bonchev–Trinajstić information content (AvgIpc) is 3.15. The van der Waals surface area contributed by atoms with E-state index in [-0.39, 0.29) is 0 Å². The van der Waals surface area contributed by atoms with Crippen LogP contribution in [0, 0.1) is 0 Å². The van der Waals surface area contributed by atoms with Crippen LogP contribution in [0.15, 0.2) is 176 Å². The number of benzene rings is 6. The first-order valence-electron chi connectivity index (χ1n) is 15.4. The molecule has 216 valence electrons. The standard InChI is InChI=1S/C43H29N3/c1-3-11-32(12-4-1)41-28-40(29-42(46-41)33-13-5-2-6-14-33)39-26-37(31-16-19-34(20-17-31)43-44-22-9-23-45-43)25-38(27-39)36-21-18-30-10-7-8-15-35(30)24-36/h1-29H. The number of pyridine rings is 1. The lowest BCUT2D eigenvalue weighted by molar-refractivity contribution is 1.18. The monoisotopic (exact) mass is 587 g/mol. The number of hydrogen-bond donors (Lipinski definition) is 0. The zero-order valence-electron chi connectivity index (χ0n) is 25.1. The minimum Gasteiger partial charge on any atom is -0.248 e. The Morgan fingerprint density at radius 3 is 1.39 bits per heavy atom. The number of aromatic nitrogens is 3. The lowest BCUT2D eigenvalue weighted by atomic mass is 9.91. The molecule has 0 bridgehead atoms. The predicted octanol–water partition coefficient (Wildman–Crippen LogP) is 11.0. The summed E-state index contributed by atoms with van der Waals surface area (Å²) in [6, 6.07) is 57.7. The fraction of sp³-hybridized carbons (Fsp3) is 0. The van der Waals surface area contributed by atoms with Crippen molar-refractivity contribution in [2.45, 2.75) is 0 Å². The highest BCUT2D eigenvalue weighted by molar-refractivity contribution is 5.90. The SMILES string of the molecule is c1ccc(-c2cc(-c3cc(-c4ccc(-c5ncccn5)cc4)cc(-c4ccc5ccccc5c4)c3)cc(-c3ccccc3)n2)cc1. The molecule has 3 heteroatoms. The van der Waals surface area contributed by atoms with E-state index in [4.69, 9.17) is 4.98 Å². The summed E-state index contributed by atoms with van der Waals surface area (Å²) in [6.45, 7) is 0. The minimum absolute atomic E-state index is 0.721. The Bertz CT molecular complexity index is 2220. The molecule has 0 aliphatic heterocycles. The first-order valence-corrected chi connectivity index (χ1v) is 15.4. The van der Waals surface area contributed by atoms with Crippen LogP contribution in [0.4, 0.5) is 0 Å². The lowest BCUT2D eigenvalue weighted by Gasteiger charge is -2.14. The quantitative estimate of drug-likeness (QED) is 0.194. The van der Waals surface area contributed by atoms with Crippen LogP contribution < -0.4 is 0 Å². The molecular formula is C43H29N3. The molecular weight excluding hydrogens is 558 g/mol. The summed E-state index contributed by atoms with van der Waals surface area (Å²) in [7, 11) is 0. The summed E-state index contributed by atoms with van der Waals surface area (Å²) in [5.41, 5.74) is 11.9. The third kappa shape index (κ3) is 5.58. The van der Waals surface area contributed by atoms with Gasteiger partial charge in [0.1, 0.15) is 0 Å². The molecule has 0 saturated carbocycles. The van der Waals surface area contributed by atoms with Crippen LogP contribution in [0.25, 0.3) is 78.1 Å². The molecule has 6 aromatic carbocycles. The van der Waals surface area contributed by atoms with Crippen LogP contribution in [0.5, 0.6) is 0 Å². The highest BCUT2D eigenvalue weighted by atomic mass is 14.8. The third-order valence-corrected chi connectivity index (χ3v) is 8.36. The second-order valence-electron chi connectivity index (χ2n) is 11.4. The molecule has 0 spiro atoms. The topological polar surface area (TPSA) is 38.7 Å². The van der Waals surface area contributed by atoms with Crippen molar-refractivity contribution in [3.8, 4) is 67.3 Å². The smallest absolute Gasteiger partial charge is 0.159 e. The van der Waals surface area contributed by atoms with E-state index in [1.54, 1.807) is 12.4 Å². The molecule has 0 N–H and O–H groups in total. The molecule has 0 aliphatic carbocycles. The maximum Gasteiger partial charge on any atom is 0.159 e. The van der Waals surface area contributed by atoms with Gasteiger partial charge in [-0.25, -0.2) is 15.0 Å². The Labute approximate surface area is 268 Å². The summed E-state index contributed by atoms with van der Waals surface area (Å²) in [5, 5.41) is 2.45. The fourth-order valence-corrected chi connectivity index (χ4v) is 5.97. The van der Waals surface area contributed by atoms with Gasteiger partial charge in [0.15, 0.2) is 5.82 Å². The second kappa shape index (κ2) is 12.1. The summed E-state index contributed by atoms with van der Waals surface area (Å²) in [4.78, 5) is 14.0. The average molecular weight is 588 g/mol. The van der Waals surface area contributed by atoms with E-state index in [0.717, 1.165) is 61.7 Å². The van der Waals surface area contributed by atoms with Gasteiger partial charge >= 0.3 is 0 Å². The van der Waals surface area contributed by atoms with Gasteiger partial charge in [-0.1, -0.05) is 121 Å². The molecule has 46 heavy (non-hydrogen) atoms. The van der Waals surface area contributed by atoms with Crippen LogP contribution in [0.3, 0.4) is 0 Å². The minimum atomic E-state index is 0.721. The normalized spacial score (nSPS) is 11.0. The highest BCUT2D eigenvalue weighted by Gasteiger charge is 2.13. The van der Waals surface area contributed by atoms with Crippen molar-refractivity contribution in [1.29, 1.82) is 0 Å². The predicted molar refractivity (Wildman–Crippen MR) is 190 cm³/mol. The van der Waals surface area contributed by atoms with E-state index in [2.05, 4.69) is 156 Å². The van der Waals surface area contributed by atoms with Crippen molar-refractivity contribution in [2.24, 2.45) is 0 Å². The molecule has 0 amide bonds. The van der Waals surface area contributed by atoms with E-state index in [0.29, 0.717) is 0 Å². The van der Waals surface area contributed by atoms with Crippen molar-refractivity contribution in [3.63, 3.8) is 0 Å². The van der Waals surface area contributed by atoms with E-state index in [1.807, 2.05) is 18.2 Å². The number of hydrogen-bond acceptors (Lipinski definition) is 3. The van der Waals surface area contributed by atoms with Crippen LogP contribution in [0.1, 0.15) is 0 Å². The van der Waals surface area contributed by atoms with Crippen molar-refractivity contribution >= 4 is 10.8 Å². The van der Waals surface area contributed by atoms with Crippen LogP contribution in [-0.4, -0.2) is 15.0 Å². The molecule has 8 aromatic rings. The number of rotatable bonds is 6. The summed E-state index contributed by atoms with van der Waals surface area (Å²) < 4.78 is 0. The first-order chi connectivity index (χ1) is 22.8. The molecule has 0 unspecified atom stereocenters. The largest absolute Gasteiger partial charge is 0.248 e. The van der Waals surface area contributed by atoms with E-state index in [1.165, 1.54) is 16.3 Å². The maximum absolute atomic E-state index is 5.12.